The van der Waals surface area contributed by atoms with Crippen LogP contribution in [0, 0.1) is 11.6 Å². The van der Waals surface area contributed by atoms with Crippen LogP contribution in [0.3, 0.4) is 0 Å². The second-order valence-corrected chi connectivity index (χ2v) is 4.04. The predicted molar refractivity (Wildman–Crippen MR) is 68.6 cm³/mol. The molecule has 0 aliphatic carbocycles. The van der Waals surface area contributed by atoms with Gasteiger partial charge in [0.2, 0.25) is 0 Å². The second-order valence-electron chi connectivity index (χ2n) is 4.04. The van der Waals surface area contributed by atoms with Crippen LogP contribution in [0.25, 0.3) is 0 Å². The van der Waals surface area contributed by atoms with Gasteiger partial charge in [-0.1, -0.05) is 6.07 Å². The Morgan fingerprint density at radius 1 is 1.10 bits per heavy atom. The standard InChI is InChI=1S/C14H10F2N2O2/c1-8(19)9-5-6-12(17-7-9)18-14(20)13-10(15)3-2-4-11(13)16/h2-7H,1H3,(H,17,18,20). The number of rotatable bonds is 3. The number of nitrogens with one attached hydrogen (secondary N) is 1. The number of amides is 1. The Morgan fingerprint density at radius 3 is 2.25 bits per heavy atom. The monoisotopic (exact) mass is 276 g/mol. The van der Waals surface area contributed by atoms with Crippen LogP contribution in [-0.4, -0.2) is 16.7 Å². The van der Waals surface area contributed by atoms with Crippen LogP contribution in [0.5, 0.6) is 0 Å². The first-order valence-electron chi connectivity index (χ1n) is 5.71. The highest BCUT2D eigenvalue weighted by atomic mass is 19.1. The Bertz CT molecular complexity index is 649. The van der Waals surface area contributed by atoms with Crippen LogP contribution in [0.4, 0.5) is 14.6 Å². The van der Waals surface area contributed by atoms with Crippen LogP contribution in [-0.2, 0) is 0 Å². The summed E-state index contributed by atoms with van der Waals surface area (Å²) in [7, 11) is 0. The maximum Gasteiger partial charge on any atom is 0.262 e. The molecule has 1 N–H and O–H groups in total. The van der Waals surface area contributed by atoms with E-state index >= 15 is 0 Å². The highest BCUT2D eigenvalue weighted by molar-refractivity contribution is 6.04. The number of carbonyl (C=O) groups is 2. The summed E-state index contributed by atoms with van der Waals surface area (Å²) in [5, 5.41) is 2.26. The summed E-state index contributed by atoms with van der Waals surface area (Å²) in [5.41, 5.74) is -0.301. The largest absolute Gasteiger partial charge is 0.306 e. The Kier molecular flexibility index (Phi) is 3.84. The number of pyridine rings is 1. The first kappa shape index (κ1) is 13.8. The van der Waals surface area contributed by atoms with Crippen LogP contribution >= 0.6 is 0 Å². The minimum Gasteiger partial charge on any atom is -0.306 e. The molecule has 0 saturated heterocycles. The molecule has 0 radical (unpaired) electrons. The van der Waals surface area contributed by atoms with Gasteiger partial charge in [-0.05, 0) is 31.2 Å². The fourth-order valence-corrected chi connectivity index (χ4v) is 1.57. The highest BCUT2D eigenvalue weighted by Gasteiger charge is 2.17. The zero-order chi connectivity index (χ0) is 14.7. The van der Waals surface area contributed by atoms with Gasteiger partial charge >= 0.3 is 0 Å². The maximum absolute atomic E-state index is 13.4. The molecule has 0 aliphatic heterocycles. The van der Waals surface area contributed by atoms with Gasteiger partial charge in [0, 0.05) is 11.8 Å². The SMILES string of the molecule is CC(=O)c1ccc(NC(=O)c2c(F)cccc2F)nc1. The lowest BCUT2D eigenvalue weighted by Gasteiger charge is -2.06. The van der Waals surface area contributed by atoms with Gasteiger partial charge in [0.05, 0.1) is 0 Å². The summed E-state index contributed by atoms with van der Waals surface area (Å²) < 4.78 is 26.8. The number of halogens is 2. The van der Waals surface area contributed by atoms with Crippen molar-refractivity contribution in [2.24, 2.45) is 0 Å². The van der Waals surface area contributed by atoms with Crippen molar-refractivity contribution in [2.75, 3.05) is 5.32 Å². The van der Waals surface area contributed by atoms with Crippen molar-refractivity contribution in [1.82, 2.24) is 4.98 Å². The number of ketones is 1. The molecule has 20 heavy (non-hydrogen) atoms. The van der Waals surface area contributed by atoms with E-state index in [-0.39, 0.29) is 11.6 Å². The number of benzene rings is 1. The molecule has 102 valence electrons. The lowest BCUT2D eigenvalue weighted by atomic mass is 10.2. The number of hydrogen-bond acceptors (Lipinski definition) is 3. The van der Waals surface area contributed by atoms with Gasteiger partial charge in [0.15, 0.2) is 5.78 Å². The third-order valence-electron chi connectivity index (χ3n) is 2.60. The highest BCUT2D eigenvalue weighted by Crippen LogP contribution is 2.14. The van der Waals surface area contributed by atoms with Crippen molar-refractivity contribution in [2.45, 2.75) is 6.92 Å². The number of aromatic nitrogens is 1. The zero-order valence-corrected chi connectivity index (χ0v) is 10.5. The lowest BCUT2D eigenvalue weighted by Crippen LogP contribution is -2.16. The van der Waals surface area contributed by atoms with E-state index < -0.39 is 23.1 Å². The molecule has 0 aliphatic rings. The van der Waals surface area contributed by atoms with E-state index in [1.54, 1.807) is 0 Å². The molecule has 0 atom stereocenters. The third-order valence-corrected chi connectivity index (χ3v) is 2.60. The predicted octanol–water partition coefficient (Wildman–Crippen LogP) is 2.81. The molecule has 6 heteroatoms. The van der Waals surface area contributed by atoms with Crippen molar-refractivity contribution in [3.63, 3.8) is 0 Å². The number of carbonyl (C=O) groups excluding carboxylic acids is 2. The van der Waals surface area contributed by atoms with Gasteiger partial charge < -0.3 is 5.32 Å². The summed E-state index contributed by atoms with van der Waals surface area (Å²) in [6, 6.07) is 5.99. The maximum atomic E-state index is 13.4. The molecule has 0 saturated carbocycles. The van der Waals surface area contributed by atoms with Gasteiger partial charge in [-0.15, -0.1) is 0 Å². The van der Waals surface area contributed by atoms with Crippen LogP contribution < -0.4 is 5.32 Å². The summed E-state index contributed by atoms with van der Waals surface area (Å²) in [6.07, 6.45) is 1.27. The number of hydrogen-bond donors (Lipinski definition) is 1. The van der Waals surface area contributed by atoms with E-state index in [4.69, 9.17) is 0 Å². The van der Waals surface area contributed by atoms with Gasteiger partial charge in [-0.25, -0.2) is 13.8 Å². The molecule has 2 aromatic rings. The Hall–Kier alpha value is -2.63. The van der Waals surface area contributed by atoms with Gasteiger partial charge in [-0.3, -0.25) is 9.59 Å². The Balaban J connectivity index is 2.21. The average Bonchev–Trinajstić information content (AvgIpc) is 2.39. The smallest absolute Gasteiger partial charge is 0.262 e. The van der Waals surface area contributed by atoms with Crippen molar-refractivity contribution in [1.29, 1.82) is 0 Å². The number of nitrogens with zero attached hydrogens (tertiary/aromatic N) is 1. The van der Waals surface area contributed by atoms with E-state index in [1.807, 2.05) is 0 Å². The number of anilines is 1. The first-order chi connectivity index (χ1) is 9.49. The molecule has 0 fully saturated rings. The average molecular weight is 276 g/mol. The van der Waals surface area contributed by atoms with Gasteiger partial charge in [0.25, 0.3) is 5.91 Å². The van der Waals surface area contributed by atoms with E-state index in [0.29, 0.717) is 5.56 Å². The molecule has 1 heterocycles. The normalized spacial score (nSPS) is 10.2. The second kappa shape index (κ2) is 5.56. The van der Waals surface area contributed by atoms with E-state index in [9.17, 15) is 18.4 Å². The molecule has 0 bridgehead atoms. The fourth-order valence-electron chi connectivity index (χ4n) is 1.57. The molecule has 0 spiro atoms. The minimum atomic E-state index is -0.956. The molecular formula is C14H10F2N2O2. The van der Waals surface area contributed by atoms with Crippen molar-refractivity contribution < 1.29 is 18.4 Å². The lowest BCUT2D eigenvalue weighted by molar-refractivity contribution is 0.101. The number of Topliss-reactive ketones (excluding diaryl/α,β-unsaturated/α-hetero) is 1. The summed E-state index contributed by atoms with van der Waals surface area (Å²) in [6.45, 7) is 1.38. The molecule has 1 aromatic heterocycles. The zero-order valence-electron chi connectivity index (χ0n) is 10.5. The molecule has 0 unspecified atom stereocenters. The quantitative estimate of drug-likeness (QED) is 0.877. The Morgan fingerprint density at radius 2 is 1.75 bits per heavy atom. The van der Waals surface area contributed by atoms with E-state index in [2.05, 4.69) is 10.3 Å². The first-order valence-corrected chi connectivity index (χ1v) is 5.71. The molecule has 4 nitrogen and oxygen atoms in total. The van der Waals surface area contributed by atoms with Gasteiger partial charge in [-0.2, -0.15) is 0 Å². The topological polar surface area (TPSA) is 59.1 Å². The van der Waals surface area contributed by atoms with Crippen LogP contribution in [0.1, 0.15) is 27.6 Å². The van der Waals surface area contributed by atoms with Crippen LogP contribution in [0.2, 0.25) is 0 Å². The van der Waals surface area contributed by atoms with Crippen molar-refractivity contribution in [3.8, 4) is 0 Å². The molecule has 2 rings (SSSR count). The van der Waals surface area contributed by atoms with Crippen molar-refractivity contribution >= 4 is 17.5 Å². The van der Waals surface area contributed by atoms with E-state index in [1.165, 1.54) is 31.3 Å². The molecule has 1 aromatic carbocycles. The van der Waals surface area contributed by atoms with Crippen molar-refractivity contribution in [3.05, 3.63) is 59.3 Å². The minimum absolute atomic E-state index is 0.0997. The Labute approximate surface area is 113 Å². The molecule has 1 amide bonds. The van der Waals surface area contributed by atoms with Crippen LogP contribution in [0.15, 0.2) is 36.5 Å². The third kappa shape index (κ3) is 2.85. The van der Waals surface area contributed by atoms with E-state index in [0.717, 1.165) is 12.1 Å². The van der Waals surface area contributed by atoms with Gasteiger partial charge in [0.1, 0.15) is 23.0 Å². The molecular weight excluding hydrogens is 266 g/mol. The summed E-state index contributed by atoms with van der Waals surface area (Å²) >= 11 is 0. The fraction of sp³-hybridized carbons (Fsp3) is 0.0714. The summed E-state index contributed by atoms with van der Waals surface area (Å²) in [4.78, 5) is 26.7. The summed E-state index contributed by atoms with van der Waals surface area (Å²) in [5.74, 6) is -2.92.